The minimum Gasteiger partial charge on any atom is -0.367 e. The van der Waals surface area contributed by atoms with Crippen molar-refractivity contribution in [2.45, 2.75) is 30.8 Å². The average molecular weight is 389 g/mol. The van der Waals surface area contributed by atoms with Gasteiger partial charge in [-0.05, 0) is 6.07 Å². The molecule has 0 radical (unpaired) electrons. The Hall–Kier alpha value is -1.98. The number of methoxy groups -OCH3 is 1. The third-order valence-electron chi connectivity index (χ3n) is 4.32. The van der Waals surface area contributed by atoms with Gasteiger partial charge in [-0.2, -0.15) is 18.3 Å². The van der Waals surface area contributed by atoms with Crippen molar-refractivity contribution < 1.29 is 22.7 Å². The van der Waals surface area contributed by atoms with Gasteiger partial charge in [0.2, 0.25) is 5.91 Å². The van der Waals surface area contributed by atoms with E-state index in [9.17, 15) is 18.0 Å². The number of aryl methyl sites for hydroxylation is 1. The summed E-state index contributed by atoms with van der Waals surface area (Å²) in [4.78, 5) is 16.6. The van der Waals surface area contributed by atoms with E-state index >= 15 is 0 Å². The number of amides is 1. The molecule has 1 amide bonds. The summed E-state index contributed by atoms with van der Waals surface area (Å²) in [5, 5.41) is 11.9. The van der Waals surface area contributed by atoms with Crippen molar-refractivity contribution in [1.29, 1.82) is 0 Å². The van der Waals surface area contributed by atoms with Gasteiger partial charge in [-0.15, -0.1) is 11.3 Å². The highest BCUT2D eigenvalue weighted by atomic mass is 32.1. The number of rotatable bonds is 5. The highest BCUT2D eigenvalue weighted by Crippen LogP contribution is 2.39. The maximum Gasteiger partial charge on any atom is 0.418 e. The van der Waals surface area contributed by atoms with Gasteiger partial charge in [-0.25, -0.2) is 4.98 Å². The summed E-state index contributed by atoms with van der Waals surface area (Å²) in [6.45, 7) is -0.321. The van der Waals surface area contributed by atoms with Crippen LogP contribution in [-0.2, 0) is 23.1 Å². The van der Waals surface area contributed by atoms with E-state index in [-0.39, 0.29) is 6.54 Å². The summed E-state index contributed by atoms with van der Waals surface area (Å²) in [5.41, 5.74) is -0.986. The molecular weight excluding hydrogens is 371 g/mol. The zero-order valence-electron chi connectivity index (χ0n) is 14.1. The molecular formula is C15H18F3N5O2S. The molecule has 0 bridgehead atoms. The Balaban J connectivity index is 1.57. The number of hydrogen-bond donors (Lipinski definition) is 2. The normalized spacial score (nSPS) is 23.3. The molecule has 26 heavy (non-hydrogen) atoms. The van der Waals surface area contributed by atoms with Crippen LogP contribution in [0.25, 0.3) is 10.7 Å². The van der Waals surface area contributed by atoms with Crippen LogP contribution in [0.15, 0.2) is 17.6 Å². The summed E-state index contributed by atoms with van der Waals surface area (Å²) < 4.78 is 45.8. The molecule has 11 heteroatoms. The van der Waals surface area contributed by atoms with E-state index in [1.54, 1.807) is 23.3 Å². The predicted molar refractivity (Wildman–Crippen MR) is 88.4 cm³/mol. The smallest absolute Gasteiger partial charge is 0.367 e. The summed E-state index contributed by atoms with van der Waals surface area (Å²) in [5.74, 6) is -0.513. The van der Waals surface area contributed by atoms with Gasteiger partial charge in [0.15, 0.2) is 5.60 Å². The minimum absolute atomic E-state index is 0.131. The van der Waals surface area contributed by atoms with Gasteiger partial charge < -0.3 is 15.4 Å². The summed E-state index contributed by atoms with van der Waals surface area (Å²) in [7, 11) is 2.80. The first-order valence-corrected chi connectivity index (χ1v) is 8.69. The molecule has 3 rings (SSSR count). The van der Waals surface area contributed by atoms with E-state index in [2.05, 4.69) is 25.5 Å². The minimum atomic E-state index is -4.55. The fourth-order valence-electron chi connectivity index (χ4n) is 2.77. The molecule has 0 spiro atoms. The van der Waals surface area contributed by atoms with Crippen LogP contribution in [0.4, 0.5) is 13.2 Å². The lowest BCUT2D eigenvalue weighted by Crippen LogP contribution is -2.48. The number of nitrogens with zero attached hydrogens (tertiary/aromatic N) is 3. The van der Waals surface area contributed by atoms with Gasteiger partial charge in [-0.1, -0.05) is 0 Å². The van der Waals surface area contributed by atoms with E-state index in [1.165, 1.54) is 11.3 Å². The standard InChI is InChI=1S/C15H18F3N5O2S/c1-23-4-3-10(22-23)13-21-9(7-26-13)6-19-12(24)11-5-14(25-2,8-20-11)15(16,17)18/h3-4,7,11,20H,5-6,8H2,1-2H3,(H,19,24)/t11-,14-/m0/s1. The van der Waals surface area contributed by atoms with Crippen LogP contribution in [-0.4, -0.2) is 52.1 Å². The molecule has 1 saturated heterocycles. The SMILES string of the molecule is CO[C@]1(C(F)(F)F)CN[C@H](C(=O)NCc2csc(-c3ccn(C)n3)n2)C1. The number of ether oxygens (including phenoxy) is 1. The Morgan fingerprint density at radius 2 is 2.35 bits per heavy atom. The van der Waals surface area contributed by atoms with E-state index in [0.29, 0.717) is 10.7 Å². The molecule has 1 aliphatic rings. The summed E-state index contributed by atoms with van der Waals surface area (Å²) in [6.07, 6.45) is -3.21. The second-order valence-electron chi connectivity index (χ2n) is 6.07. The molecule has 1 aliphatic heterocycles. The lowest BCUT2D eigenvalue weighted by molar-refractivity contribution is -0.261. The highest BCUT2D eigenvalue weighted by molar-refractivity contribution is 7.13. The molecule has 2 atom stereocenters. The zero-order chi connectivity index (χ0) is 18.9. The molecule has 0 unspecified atom stereocenters. The fourth-order valence-corrected chi connectivity index (χ4v) is 3.55. The molecule has 2 aromatic rings. The van der Waals surface area contributed by atoms with E-state index in [1.807, 2.05) is 6.07 Å². The Morgan fingerprint density at radius 3 is 2.92 bits per heavy atom. The average Bonchev–Trinajstić information content (AvgIpc) is 3.31. The number of carbonyl (C=O) groups is 1. The van der Waals surface area contributed by atoms with Gasteiger partial charge >= 0.3 is 6.18 Å². The number of nitrogens with one attached hydrogen (secondary N) is 2. The Bertz CT molecular complexity index is 790. The van der Waals surface area contributed by atoms with Gasteiger partial charge in [0.05, 0.1) is 18.3 Å². The molecule has 1 fully saturated rings. The van der Waals surface area contributed by atoms with Gasteiger partial charge in [-0.3, -0.25) is 9.48 Å². The Morgan fingerprint density at radius 1 is 1.58 bits per heavy atom. The number of alkyl halides is 3. The number of carbonyl (C=O) groups excluding carboxylic acids is 1. The van der Waals surface area contributed by atoms with Crippen LogP contribution in [0.3, 0.4) is 0 Å². The third kappa shape index (κ3) is 3.60. The first-order valence-electron chi connectivity index (χ1n) is 7.81. The third-order valence-corrected chi connectivity index (χ3v) is 5.23. The lowest BCUT2D eigenvalue weighted by Gasteiger charge is -2.29. The van der Waals surface area contributed by atoms with Crippen molar-refractivity contribution in [3.05, 3.63) is 23.3 Å². The Kier molecular flexibility index (Phi) is 5.04. The van der Waals surface area contributed by atoms with E-state index in [0.717, 1.165) is 12.8 Å². The summed E-state index contributed by atoms with van der Waals surface area (Å²) >= 11 is 1.38. The summed E-state index contributed by atoms with van der Waals surface area (Å²) in [6, 6.07) is 0.857. The maximum absolute atomic E-state index is 13.2. The van der Waals surface area contributed by atoms with Crippen molar-refractivity contribution >= 4 is 17.2 Å². The van der Waals surface area contributed by atoms with Crippen LogP contribution in [0, 0.1) is 0 Å². The molecule has 0 aromatic carbocycles. The van der Waals surface area contributed by atoms with Gasteiger partial charge in [0.25, 0.3) is 0 Å². The molecule has 2 N–H and O–H groups in total. The lowest BCUT2D eigenvalue weighted by atomic mass is 9.99. The molecule has 3 heterocycles. The first-order chi connectivity index (χ1) is 12.2. The zero-order valence-corrected chi connectivity index (χ0v) is 14.9. The predicted octanol–water partition coefficient (Wildman–Crippen LogP) is 1.47. The van der Waals surface area contributed by atoms with Crippen molar-refractivity contribution in [3.63, 3.8) is 0 Å². The molecule has 2 aromatic heterocycles. The monoisotopic (exact) mass is 389 g/mol. The second-order valence-corrected chi connectivity index (χ2v) is 6.93. The number of hydrogen-bond acceptors (Lipinski definition) is 6. The van der Waals surface area contributed by atoms with E-state index in [4.69, 9.17) is 0 Å². The highest BCUT2D eigenvalue weighted by Gasteiger charge is 2.60. The number of halogens is 3. The van der Waals surface area contributed by atoms with Crippen LogP contribution in [0.1, 0.15) is 12.1 Å². The molecule has 7 nitrogen and oxygen atoms in total. The van der Waals surface area contributed by atoms with Crippen LogP contribution >= 0.6 is 11.3 Å². The second kappa shape index (κ2) is 6.97. The maximum atomic E-state index is 13.2. The van der Waals surface area contributed by atoms with Crippen molar-refractivity contribution in [2.24, 2.45) is 7.05 Å². The van der Waals surface area contributed by atoms with Gasteiger partial charge in [0, 0.05) is 38.7 Å². The Labute approximate surface area is 151 Å². The van der Waals surface area contributed by atoms with Crippen LogP contribution in [0.5, 0.6) is 0 Å². The first kappa shape index (κ1) is 18.8. The quantitative estimate of drug-likeness (QED) is 0.810. The molecule has 0 aliphatic carbocycles. The van der Waals surface area contributed by atoms with E-state index < -0.39 is 36.7 Å². The van der Waals surface area contributed by atoms with Crippen LogP contribution in [0.2, 0.25) is 0 Å². The van der Waals surface area contributed by atoms with Crippen molar-refractivity contribution in [3.8, 4) is 10.7 Å². The van der Waals surface area contributed by atoms with Crippen molar-refractivity contribution in [1.82, 2.24) is 25.4 Å². The molecule has 0 saturated carbocycles. The number of aromatic nitrogens is 3. The molecule has 142 valence electrons. The topological polar surface area (TPSA) is 81.1 Å². The number of thiazole rings is 1. The largest absolute Gasteiger partial charge is 0.418 e. The van der Waals surface area contributed by atoms with Gasteiger partial charge in [0.1, 0.15) is 10.7 Å². The van der Waals surface area contributed by atoms with Crippen LogP contribution < -0.4 is 10.6 Å². The fraction of sp³-hybridized carbons (Fsp3) is 0.533. The van der Waals surface area contributed by atoms with Crippen molar-refractivity contribution in [2.75, 3.05) is 13.7 Å².